The van der Waals surface area contributed by atoms with Crippen molar-refractivity contribution in [3.05, 3.63) is 11.6 Å². The Morgan fingerprint density at radius 2 is 1.73 bits per heavy atom. The Kier molecular flexibility index (Phi) is 10.8. The average Bonchev–Trinajstić information content (AvgIpc) is 3.27. The minimum atomic E-state index is -0.364. The van der Waals surface area contributed by atoms with Gasteiger partial charge >= 0.3 is 11.9 Å². The molecule has 4 rings (SSSR count). The molecule has 5 heteroatoms. The Morgan fingerprint density at radius 1 is 0.950 bits per heavy atom. The van der Waals surface area contributed by atoms with E-state index in [-0.39, 0.29) is 42.9 Å². The standard InChI is InChI=1S/C35H58O5/c1-7-38-21-22-39-32(36)15-16-33(37)40-27-17-19-34(5)26(23-27)11-12-28-30-14-13-29(25(4)10-8-9-24(2)3)35(30,6)20-18-31(28)34/h11,24-25,27-31H,7-10,12-23H2,1-6H3/t25?,27-,28-,29+,30-,31-,34-,35+/m0/s1. The molecule has 0 bridgehead atoms. The van der Waals surface area contributed by atoms with Crippen LogP contribution in [0.5, 0.6) is 0 Å². The van der Waals surface area contributed by atoms with Crippen LogP contribution in [0, 0.1) is 46.3 Å². The first-order valence-corrected chi connectivity index (χ1v) is 16.7. The number of hydrogen-bond donors (Lipinski definition) is 0. The van der Waals surface area contributed by atoms with Crippen molar-refractivity contribution in [2.45, 2.75) is 131 Å². The number of fused-ring (bicyclic) bond motifs is 5. The van der Waals surface area contributed by atoms with Gasteiger partial charge in [0, 0.05) is 13.0 Å². The second-order valence-corrected chi connectivity index (χ2v) is 14.6. The second-order valence-electron chi connectivity index (χ2n) is 14.6. The Balaban J connectivity index is 1.30. The number of esters is 2. The monoisotopic (exact) mass is 558 g/mol. The maximum absolute atomic E-state index is 12.5. The van der Waals surface area contributed by atoms with Gasteiger partial charge in [0.1, 0.15) is 12.7 Å². The van der Waals surface area contributed by atoms with E-state index < -0.39 is 0 Å². The SMILES string of the molecule is CCOCCOC(=O)CCC(=O)O[C@H]1CC[C@@]2(C)C(=CC[C@H]3[C@@H]4CC[C@H](C(C)CCCC(C)C)[C@@]4(C)CC[C@@H]32)C1. The molecule has 3 fully saturated rings. The topological polar surface area (TPSA) is 61.8 Å². The summed E-state index contributed by atoms with van der Waals surface area (Å²) in [6.07, 6.45) is 16.5. The van der Waals surface area contributed by atoms with E-state index in [2.05, 4.69) is 40.7 Å². The summed E-state index contributed by atoms with van der Waals surface area (Å²) < 4.78 is 16.2. The van der Waals surface area contributed by atoms with Gasteiger partial charge in [-0.3, -0.25) is 9.59 Å². The molecule has 0 radical (unpaired) electrons. The Hall–Kier alpha value is -1.36. The van der Waals surface area contributed by atoms with E-state index in [4.69, 9.17) is 14.2 Å². The molecule has 0 amide bonds. The highest BCUT2D eigenvalue weighted by atomic mass is 16.6. The van der Waals surface area contributed by atoms with Gasteiger partial charge in [0.2, 0.25) is 0 Å². The van der Waals surface area contributed by atoms with E-state index >= 15 is 0 Å². The summed E-state index contributed by atoms with van der Waals surface area (Å²) >= 11 is 0. The van der Waals surface area contributed by atoms with E-state index in [0.717, 1.165) is 54.8 Å². The van der Waals surface area contributed by atoms with E-state index in [1.165, 1.54) is 56.9 Å². The van der Waals surface area contributed by atoms with Crippen LogP contribution in [-0.2, 0) is 23.8 Å². The molecule has 8 atom stereocenters. The third-order valence-corrected chi connectivity index (χ3v) is 11.8. The van der Waals surface area contributed by atoms with Gasteiger partial charge < -0.3 is 14.2 Å². The van der Waals surface area contributed by atoms with Gasteiger partial charge in [-0.2, -0.15) is 0 Å². The van der Waals surface area contributed by atoms with Crippen LogP contribution in [0.2, 0.25) is 0 Å². The molecule has 0 heterocycles. The van der Waals surface area contributed by atoms with Crippen molar-refractivity contribution in [1.29, 1.82) is 0 Å². The number of allylic oxidation sites excluding steroid dienone is 1. The molecular formula is C35H58O5. The number of carbonyl (C=O) groups excluding carboxylic acids is 2. The Morgan fingerprint density at radius 3 is 2.48 bits per heavy atom. The van der Waals surface area contributed by atoms with Gasteiger partial charge in [-0.15, -0.1) is 0 Å². The van der Waals surface area contributed by atoms with Crippen LogP contribution in [-0.4, -0.2) is 37.9 Å². The molecule has 0 spiro atoms. The summed E-state index contributed by atoms with van der Waals surface area (Å²) in [6.45, 7) is 15.6. The highest BCUT2D eigenvalue weighted by molar-refractivity contribution is 5.77. The fourth-order valence-electron chi connectivity index (χ4n) is 9.63. The molecule has 5 nitrogen and oxygen atoms in total. The average molecular weight is 559 g/mol. The summed E-state index contributed by atoms with van der Waals surface area (Å²) in [7, 11) is 0. The largest absolute Gasteiger partial charge is 0.463 e. The molecule has 4 aliphatic rings. The van der Waals surface area contributed by atoms with Crippen LogP contribution < -0.4 is 0 Å². The first kappa shape index (κ1) is 31.6. The third-order valence-electron chi connectivity index (χ3n) is 11.8. The van der Waals surface area contributed by atoms with Crippen LogP contribution in [0.25, 0.3) is 0 Å². The van der Waals surface area contributed by atoms with Crippen molar-refractivity contribution in [1.82, 2.24) is 0 Å². The minimum Gasteiger partial charge on any atom is -0.463 e. The first-order valence-electron chi connectivity index (χ1n) is 16.7. The highest BCUT2D eigenvalue weighted by Crippen LogP contribution is 2.67. The van der Waals surface area contributed by atoms with Crippen LogP contribution >= 0.6 is 0 Å². The normalized spacial score (nSPS) is 35.8. The molecule has 1 unspecified atom stereocenters. The lowest BCUT2D eigenvalue weighted by atomic mass is 9.47. The van der Waals surface area contributed by atoms with E-state index in [0.29, 0.717) is 18.6 Å². The number of rotatable bonds is 13. The fourth-order valence-corrected chi connectivity index (χ4v) is 9.63. The fraction of sp³-hybridized carbons (Fsp3) is 0.886. The lowest BCUT2D eigenvalue weighted by Gasteiger charge is -2.58. The van der Waals surface area contributed by atoms with E-state index in [1.54, 1.807) is 0 Å². The molecule has 0 aromatic heterocycles. The van der Waals surface area contributed by atoms with Crippen molar-refractivity contribution in [3.8, 4) is 0 Å². The van der Waals surface area contributed by atoms with Crippen molar-refractivity contribution in [2.24, 2.45) is 46.3 Å². The molecular weight excluding hydrogens is 500 g/mol. The van der Waals surface area contributed by atoms with Gasteiger partial charge in [-0.25, -0.2) is 0 Å². The molecule has 0 aromatic rings. The molecule has 4 aliphatic carbocycles. The molecule has 0 aliphatic heterocycles. The summed E-state index contributed by atoms with van der Waals surface area (Å²) in [5, 5.41) is 0. The predicted octanol–water partition coefficient (Wildman–Crippen LogP) is 8.30. The molecule has 3 saturated carbocycles. The zero-order valence-electron chi connectivity index (χ0n) is 26.5. The zero-order chi connectivity index (χ0) is 28.9. The van der Waals surface area contributed by atoms with Crippen molar-refractivity contribution in [3.63, 3.8) is 0 Å². The summed E-state index contributed by atoms with van der Waals surface area (Å²) in [5.74, 6) is 4.35. The first-order chi connectivity index (χ1) is 19.1. The molecule has 40 heavy (non-hydrogen) atoms. The highest BCUT2D eigenvalue weighted by Gasteiger charge is 2.59. The van der Waals surface area contributed by atoms with Crippen molar-refractivity contribution >= 4 is 11.9 Å². The molecule has 228 valence electrons. The van der Waals surface area contributed by atoms with Crippen LogP contribution in [0.3, 0.4) is 0 Å². The van der Waals surface area contributed by atoms with Gasteiger partial charge in [-0.1, -0.05) is 65.5 Å². The molecule has 0 N–H and O–H groups in total. The van der Waals surface area contributed by atoms with Crippen molar-refractivity contribution < 1.29 is 23.8 Å². The Bertz CT molecular complexity index is 894. The van der Waals surface area contributed by atoms with Gasteiger partial charge in [-0.05, 0) is 98.2 Å². The number of ether oxygens (including phenoxy) is 3. The summed E-state index contributed by atoms with van der Waals surface area (Å²) in [5.41, 5.74) is 2.29. The van der Waals surface area contributed by atoms with Crippen LogP contribution in [0.15, 0.2) is 11.6 Å². The summed E-state index contributed by atoms with van der Waals surface area (Å²) in [4.78, 5) is 24.4. The smallest absolute Gasteiger partial charge is 0.306 e. The lowest BCUT2D eigenvalue weighted by Crippen LogP contribution is -2.51. The quantitative estimate of drug-likeness (QED) is 0.129. The van der Waals surface area contributed by atoms with Gasteiger partial charge in [0.05, 0.1) is 19.4 Å². The number of hydrogen-bond acceptors (Lipinski definition) is 5. The molecule has 0 saturated heterocycles. The van der Waals surface area contributed by atoms with Gasteiger partial charge in [0.25, 0.3) is 0 Å². The van der Waals surface area contributed by atoms with E-state index in [1.807, 2.05) is 6.92 Å². The van der Waals surface area contributed by atoms with E-state index in [9.17, 15) is 9.59 Å². The molecule has 0 aromatic carbocycles. The minimum absolute atomic E-state index is 0.0613. The summed E-state index contributed by atoms with van der Waals surface area (Å²) in [6, 6.07) is 0. The van der Waals surface area contributed by atoms with Crippen molar-refractivity contribution in [2.75, 3.05) is 19.8 Å². The maximum Gasteiger partial charge on any atom is 0.306 e. The third kappa shape index (κ3) is 6.98. The predicted molar refractivity (Wildman–Crippen MR) is 160 cm³/mol. The van der Waals surface area contributed by atoms with Crippen LogP contribution in [0.4, 0.5) is 0 Å². The zero-order valence-corrected chi connectivity index (χ0v) is 26.5. The second kappa shape index (κ2) is 13.7. The van der Waals surface area contributed by atoms with Crippen LogP contribution in [0.1, 0.15) is 125 Å². The lowest BCUT2D eigenvalue weighted by molar-refractivity contribution is -0.155. The van der Waals surface area contributed by atoms with Gasteiger partial charge in [0.15, 0.2) is 0 Å². The Labute approximate surface area is 244 Å². The maximum atomic E-state index is 12.5. The number of carbonyl (C=O) groups is 2.